The number of methoxy groups -OCH3 is 2. The minimum absolute atomic E-state index is 0.0647. The Morgan fingerprint density at radius 1 is 0.737 bits per heavy atom. The smallest absolute Gasteiger partial charge is 0.349 e. The fraction of sp³-hybridized carbons (Fsp3) is 0.214. The van der Waals surface area contributed by atoms with Gasteiger partial charge >= 0.3 is 17.9 Å². The number of hydrogen-bond donors (Lipinski definition) is 2. The van der Waals surface area contributed by atoms with Crippen molar-refractivity contribution in [2.45, 2.75) is 26.1 Å². The van der Waals surface area contributed by atoms with E-state index in [2.05, 4.69) is 5.32 Å². The SMILES string of the molecule is COc1ccc(OC)c(NC(=O)[C@H](OC(=O)c2cccc(C)c2)[C@H](OC(=O)c2cccc(C)c2)C(=O)O)c1. The second kappa shape index (κ2) is 12.4. The van der Waals surface area contributed by atoms with Crippen molar-refractivity contribution in [3.63, 3.8) is 0 Å². The first-order valence-electron chi connectivity index (χ1n) is 11.4. The highest BCUT2D eigenvalue weighted by Crippen LogP contribution is 2.29. The molecule has 0 aliphatic rings. The van der Waals surface area contributed by atoms with Gasteiger partial charge in [0.05, 0.1) is 31.0 Å². The molecule has 3 aromatic rings. The summed E-state index contributed by atoms with van der Waals surface area (Å²) in [6.07, 6.45) is -4.24. The lowest BCUT2D eigenvalue weighted by Gasteiger charge is -2.24. The van der Waals surface area contributed by atoms with Gasteiger partial charge in [-0.25, -0.2) is 14.4 Å². The molecule has 3 aromatic carbocycles. The molecule has 10 nitrogen and oxygen atoms in total. The molecule has 0 fully saturated rings. The molecule has 0 saturated carbocycles. The Bertz CT molecular complexity index is 1350. The fourth-order valence-corrected chi connectivity index (χ4v) is 3.52. The summed E-state index contributed by atoms with van der Waals surface area (Å²) in [6, 6.07) is 17.1. The van der Waals surface area contributed by atoms with Crippen molar-refractivity contribution in [2.24, 2.45) is 0 Å². The third-order valence-electron chi connectivity index (χ3n) is 5.42. The molecule has 1 amide bonds. The number of carboxylic acids is 1. The van der Waals surface area contributed by atoms with Crippen LogP contribution < -0.4 is 14.8 Å². The molecule has 0 aliphatic carbocycles. The highest BCUT2D eigenvalue weighted by Gasteiger charge is 2.41. The number of aryl methyl sites for hydroxylation is 2. The largest absolute Gasteiger partial charge is 0.497 e. The Balaban J connectivity index is 1.98. The minimum atomic E-state index is -2.17. The van der Waals surface area contributed by atoms with Crippen molar-refractivity contribution in [3.05, 3.63) is 89.0 Å². The van der Waals surface area contributed by atoms with Crippen LogP contribution in [-0.2, 0) is 19.1 Å². The molecule has 0 radical (unpaired) electrons. The lowest BCUT2D eigenvalue weighted by molar-refractivity contribution is -0.157. The highest BCUT2D eigenvalue weighted by molar-refractivity contribution is 6.02. The number of carbonyl (C=O) groups excluding carboxylic acids is 3. The van der Waals surface area contributed by atoms with Gasteiger partial charge < -0.3 is 29.4 Å². The molecule has 3 rings (SSSR count). The molecule has 2 atom stereocenters. The number of amides is 1. The molecule has 0 unspecified atom stereocenters. The highest BCUT2D eigenvalue weighted by atomic mass is 16.6. The van der Waals surface area contributed by atoms with Gasteiger partial charge in [0, 0.05) is 6.07 Å². The van der Waals surface area contributed by atoms with Crippen molar-refractivity contribution < 1.29 is 43.2 Å². The third kappa shape index (κ3) is 6.88. The van der Waals surface area contributed by atoms with Crippen LogP contribution in [0, 0.1) is 13.8 Å². The number of benzene rings is 3. The first kappa shape index (κ1) is 27.7. The molecule has 38 heavy (non-hydrogen) atoms. The van der Waals surface area contributed by atoms with Gasteiger partial charge in [0.1, 0.15) is 11.5 Å². The zero-order chi connectivity index (χ0) is 27.8. The van der Waals surface area contributed by atoms with E-state index in [1.165, 1.54) is 50.6 Å². The summed E-state index contributed by atoms with van der Waals surface area (Å²) in [5.74, 6) is -4.15. The van der Waals surface area contributed by atoms with E-state index in [4.69, 9.17) is 18.9 Å². The summed E-state index contributed by atoms with van der Waals surface area (Å²) in [5, 5.41) is 12.4. The van der Waals surface area contributed by atoms with Crippen LogP contribution in [0.5, 0.6) is 11.5 Å². The van der Waals surface area contributed by atoms with E-state index in [0.29, 0.717) is 5.75 Å². The molecule has 0 aliphatic heterocycles. The number of ether oxygens (including phenoxy) is 4. The topological polar surface area (TPSA) is 137 Å². The molecule has 2 N–H and O–H groups in total. The van der Waals surface area contributed by atoms with E-state index in [1.807, 2.05) is 0 Å². The molecule has 0 heterocycles. The number of anilines is 1. The Morgan fingerprint density at radius 2 is 1.29 bits per heavy atom. The van der Waals surface area contributed by atoms with E-state index in [1.54, 1.807) is 44.2 Å². The van der Waals surface area contributed by atoms with Crippen LogP contribution >= 0.6 is 0 Å². The molecule has 10 heteroatoms. The van der Waals surface area contributed by atoms with Crippen LogP contribution in [0.2, 0.25) is 0 Å². The quantitative estimate of drug-likeness (QED) is 0.382. The number of aliphatic carboxylic acids is 1. The molecule has 198 valence electrons. The predicted molar refractivity (Wildman–Crippen MR) is 137 cm³/mol. The average molecular weight is 522 g/mol. The number of carbonyl (C=O) groups is 4. The van der Waals surface area contributed by atoms with Gasteiger partial charge in [0.2, 0.25) is 12.2 Å². The molecular weight excluding hydrogens is 494 g/mol. The summed E-state index contributed by atoms with van der Waals surface area (Å²) in [7, 11) is 2.79. The Labute approximate surface area is 219 Å². The minimum Gasteiger partial charge on any atom is -0.497 e. The zero-order valence-corrected chi connectivity index (χ0v) is 21.2. The van der Waals surface area contributed by atoms with Gasteiger partial charge in [-0.2, -0.15) is 0 Å². The fourth-order valence-electron chi connectivity index (χ4n) is 3.52. The molecule has 0 aromatic heterocycles. The average Bonchev–Trinajstić information content (AvgIpc) is 2.90. The van der Waals surface area contributed by atoms with E-state index < -0.39 is 36.0 Å². The lowest BCUT2D eigenvalue weighted by Crippen LogP contribution is -2.48. The Kier molecular flexibility index (Phi) is 9.04. The number of carboxylic acid groups (broad SMARTS) is 1. The second-order valence-electron chi connectivity index (χ2n) is 8.28. The summed E-state index contributed by atoms with van der Waals surface area (Å²) in [4.78, 5) is 51.3. The summed E-state index contributed by atoms with van der Waals surface area (Å²) in [5.41, 5.74) is 1.73. The molecular formula is C28H27NO9. The lowest BCUT2D eigenvalue weighted by atomic mass is 10.1. The summed E-state index contributed by atoms with van der Waals surface area (Å²) >= 11 is 0. The van der Waals surface area contributed by atoms with E-state index >= 15 is 0 Å². The van der Waals surface area contributed by atoms with Gasteiger partial charge in [-0.1, -0.05) is 35.4 Å². The maximum absolute atomic E-state index is 13.4. The number of esters is 2. The second-order valence-corrected chi connectivity index (χ2v) is 8.28. The van der Waals surface area contributed by atoms with Crippen molar-refractivity contribution in [1.82, 2.24) is 0 Å². The van der Waals surface area contributed by atoms with Gasteiger partial charge in [-0.05, 0) is 50.2 Å². The first-order chi connectivity index (χ1) is 18.1. The monoisotopic (exact) mass is 521 g/mol. The van der Waals surface area contributed by atoms with Crippen molar-refractivity contribution in [2.75, 3.05) is 19.5 Å². The van der Waals surface area contributed by atoms with E-state index in [9.17, 15) is 24.3 Å². The van der Waals surface area contributed by atoms with Gasteiger partial charge in [-0.15, -0.1) is 0 Å². The molecule has 0 saturated heterocycles. The Hall–Kier alpha value is -4.86. The maximum atomic E-state index is 13.4. The van der Waals surface area contributed by atoms with E-state index in [-0.39, 0.29) is 22.6 Å². The van der Waals surface area contributed by atoms with Crippen molar-refractivity contribution in [3.8, 4) is 11.5 Å². The maximum Gasteiger partial charge on any atom is 0.349 e. The van der Waals surface area contributed by atoms with Crippen molar-refractivity contribution >= 4 is 29.5 Å². The standard InChI is InChI=1S/C28H27NO9/c1-16-7-5-9-18(13-16)27(33)37-23(25(30)29-21-15-20(35-3)11-12-22(21)36-4)24(26(31)32)38-28(34)19-10-6-8-17(2)14-19/h5-15,23-24H,1-4H3,(H,29,30)(H,31,32)/t23-,24+/m1/s1. The van der Waals surface area contributed by atoms with Crippen LogP contribution in [0.3, 0.4) is 0 Å². The third-order valence-corrected chi connectivity index (χ3v) is 5.42. The molecule has 0 spiro atoms. The van der Waals surface area contributed by atoms with Crippen LogP contribution in [0.4, 0.5) is 5.69 Å². The zero-order valence-electron chi connectivity index (χ0n) is 21.2. The van der Waals surface area contributed by atoms with Crippen molar-refractivity contribution in [1.29, 1.82) is 0 Å². The van der Waals surface area contributed by atoms with Crippen LogP contribution in [0.1, 0.15) is 31.8 Å². The van der Waals surface area contributed by atoms with Crippen LogP contribution in [-0.4, -0.2) is 55.3 Å². The molecule has 0 bridgehead atoms. The number of nitrogens with one attached hydrogen (secondary N) is 1. The Morgan fingerprint density at radius 3 is 1.76 bits per heavy atom. The normalized spacial score (nSPS) is 12.0. The van der Waals surface area contributed by atoms with E-state index in [0.717, 1.165) is 11.1 Å². The van der Waals surface area contributed by atoms with Crippen LogP contribution in [0.15, 0.2) is 66.7 Å². The predicted octanol–water partition coefficient (Wildman–Crippen LogP) is 3.79. The summed E-state index contributed by atoms with van der Waals surface area (Å²) in [6.45, 7) is 3.49. The van der Waals surface area contributed by atoms with Crippen LogP contribution in [0.25, 0.3) is 0 Å². The number of hydrogen-bond acceptors (Lipinski definition) is 8. The van der Waals surface area contributed by atoms with Gasteiger partial charge in [0.25, 0.3) is 5.91 Å². The first-order valence-corrected chi connectivity index (χ1v) is 11.4. The summed E-state index contributed by atoms with van der Waals surface area (Å²) < 4.78 is 21.0. The van der Waals surface area contributed by atoms with Gasteiger partial charge in [0.15, 0.2) is 0 Å². The van der Waals surface area contributed by atoms with Gasteiger partial charge in [-0.3, -0.25) is 4.79 Å². The number of rotatable bonds is 10.